The van der Waals surface area contributed by atoms with Crippen molar-refractivity contribution < 1.29 is 13.3 Å². The average molecular weight is 298 g/mol. The quantitative estimate of drug-likeness (QED) is 0.475. The van der Waals surface area contributed by atoms with Crippen molar-refractivity contribution >= 4 is 21.4 Å². The van der Waals surface area contributed by atoms with Gasteiger partial charge in [0.15, 0.2) is 0 Å². The van der Waals surface area contributed by atoms with Crippen molar-refractivity contribution in [1.29, 1.82) is 5.26 Å². The molecule has 0 fully saturated rings. The molecule has 0 saturated heterocycles. The molecule has 9 heteroatoms. The average Bonchev–Trinajstić information content (AvgIpc) is 2.39. The Morgan fingerprint density at radius 1 is 1.50 bits per heavy atom. The second-order valence-corrected chi connectivity index (χ2v) is 5.82. The van der Waals surface area contributed by atoms with Gasteiger partial charge in [0.1, 0.15) is 5.69 Å². The van der Waals surface area contributed by atoms with Crippen molar-refractivity contribution in [2.24, 2.45) is 0 Å². The number of hydrogen-bond donors (Lipinski definition) is 1. The molecule has 1 aromatic rings. The molecule has 0 amide bonds. The van der Waals surface area contributed by atoms with E-state index in [0.717, 1.165) is 10.4 Å². The number of nitriles is 1. The number of sulfonamides is 1. The van der Waals surface area contributed by atoms with Crippen LogP contribution in [0.5, 0.6) is 0 Å². The van der Waals surface area contributed by atoms with Gasteiger partial charge in [0.25, 0.3) is 5.69 Å². The topological polar surface area (TPSA) is 130 Å². The predicted molar refractivity (Wildman–Crippen MR) is 72.2 cm³/mol. The fourth-order valence-corrected chi connectivity index (χ4v) is 3.08. The highest BCUT2D eigenvalue weighted by Gasteiger charge is 2.25. The normalized spacial score (nSPS) is 11.2. The summed E-state index contributed by atoms with van der Waals surface area (Å²) in [4.78, 5) is 9.84. The first-order chi connectivity index (χ1) is 9.34. The van der Waals surface area contributed by atoms with Gasteiger partial charge in [-0.05, 0) is 12.1 Å². The van der Waals surface area contributed by atoms with E-state index in [1.807, 2.05) is 6.07 Å². The number of nitro benzene ring substituents is 1. The minimum Gasteiger partial charge on any atom is -0.393 e. The van der Waals surface area contributed by atoms with Gasteiger partial charge in [-0.2, -0.15) is 9.57 Å². The molecule has 0 atom stereocenters. The van der Waals surface area contributed by atoms with E-state index < -0.39 is 20.6 Å². The lowest BCUT2D eigenvalue weighted by Crippen LogP contribution is -2.31. The molecule has 2 N–H and O–H groups in total. The molecule has 1 aromatic carbocycles. The van der Waals surface area contributed by atoms with E-state index in [0.29, 0.717) is 0 Å². The fourth-order valence-electron chi connectivity index (χ4n) is 1.61. The van der Waals surface area contributed by atoms with Crippen LogP contribution in [0.25, 0.3) is 0 Å². The van der Waals surface area contributed by atoms with Gasteiger partial charge in [0.2, 0.25) is 10.0 Å². The standard InChI is InChI=1S/C11H14N4O4S/c1-2-14(7-3-6-12)20(18,19)9-4-5-10(13)11(8-9)15(16)17/h4-5,8H,2-3,7,13H2,1H3. The summed E-state index contributed by atoms with van der Waals surface area (Å²) in [6.45, 7) is 1.83. The summed E-state index contributed by atoms with van der Waals surface area (Å²) in [5, 5.41) is 19.3. The molecule has 0 spiro atoms. The third-order valence-electron chi connectivity index (χ3n) is 2.66. The van der Waals surface area contributed by atoms with Gasteiger partial charge in [-0.1, -0.05) is 6.92 Å². The highest BCUT2D eigenvalue weighted by molar-refractivity contribution is 7.89. The van der Waals surface area contributed by atoms with E-state index in [1.165, 1.54) is 12.1 Å². The van der Waals surface area contributed by atoms with Crippen molar-refractivity contribution in [3.8, 4) is 6.07 Å². The summed E-state index contributed by atoms with van der Waals surface area (Å²) in [5.74, 6) is 0. The second kappa shape index (κ2) is 6.31. The van der Waals surface area contributed by atoms with E-state index in [-0.39, 0.29) is 30.1 Å². The number of nitrogens with two attached hydrogens (primary N) is 1. The van der Waals surface area contributed by atoms with Crippen LogP contribution in [0, 0.1) is 21.4 Å². The number of anilines is 1. The van der Waals surface area contributed by atoms with Crippen LogP contribution in [0.15, 0.2) is 23.1 Å². The van der Waals surface area contributed by atoms with Crippen LogP contribution in [0.4, 0.5) is 11.4 Å². The largest absolute Gasteiger partial charge is 0.393 e. The van der Waals surface area contributed by atoms with Crippen molar-refractivity contribution in [3.63, 3.8) is 0 Å². The van der Waals surface area contributed by atoms with E-state index in [1.54, 1.807) is 6.92 Å². The number of nitro groups is 1. The maximum absolute atomic E-state index is 12.3. The summed E-state index contributed by atoms with van der Waals surface area (Å²) in [5.41, 5.74) is 4.87. The third-order valence-corrected chi connectivity index (χ3v) is 4.63. The Kier molecular flexibility index (Phi) is 5.01. The number of nitrogen functional groups attached to an aromatic ring is 1. The van der Waals surface area contributed by atoms with Gasteiger partial charge in [-0.3, -0.25) is 10.1 Å². The molecule has 108 valence electrons. The molecule has 1 rings (SSSR count). The van der Waals surface area contributed by atoms with Gasteiger partial charge in [-0.25, -0.2) is 8.42 Å². The van der Waals surface area contributed by atoms with Crippen LogP contribution in [-0.2, 0) is 10.0 Å². The Morgan fingerprint density at radius 3 is 2.65 bits per heavy atom. The highest BCUT2D eigenvalue weighted by atomic mass is 32.2. The maximum atomic E-state index is 12.3. The van der Waals surface area contributed by atoms with E-state index in [4.69, 9.17) is 11.0 Å². The van der Waals surface area contributed by atoms with Crippen molar-refractivity contribution in [3.05, 3.63) is 28.3 Å². The molecule has 0 aliphatic carbocycles. The van der Waals surface area contributed by atoms with Gasteiger partial charge < -0.3 is 5.73 Å². The Labute approximate surface area is 116 Å². The first-order valence-corrected chi connectivity index (χ1v) is 7.19. The summed E-state index contributed by atoms with van der Waals surface area (Å²) in [7, 11) is -3.87. The zero-order valence-corrected chi connectivity index (χ0v) is 11.6. The molecule has 0 bridgehead atoms. The molecule has 0 aliphatic heterocycles. The minimum absolute atomic E-state index is 0.0352. The molecule has 20 heavy (non-hydrogen) atoms. The predicted octanol–water partition coefficient (Wildman–Crippen LogP) is 1.10. The van der Waals surface area contributed by atoms with Crippen molar-refractivity contribution in [2.75, 3.05) is 18.8 Å². The monoisotopic (exact) mass is 298 g/mol. The van der Waals surface area contributed by atoms with Crippen LogP contribution >= 0.6 is 0 Å². The second-order valence-electron chi connectivity index (χ2n) is 3.88. The third kappa shape index (κ3) is 3.23. The summed E-state index contributed by atoms with van der Waals surface area (Å²) >= 11 is 0. The molecule has 0 heterocycles. The fraction of sp³-hybridized carbons (Fsp3) is 0.364. The van der Waals surface area contributed by atoms with Gasteiger partial charge in [0.05, 0.1) is 15.9 Å². The van der Waals surface area contributed by atoms with Gasteiger partial charge >= 0.3 is 0 Å². The molecular weight excluding hydrogens is 284 g/mol. The first-order valence-electron chi connectivity index (χ1n) is 5.75. The molecular formula is C11H14N4O4S. The maximum Gasteiger partial charge on any atom is 0.293 e. The lowest BCUT2D eigenvalue weighted by atomic mass is 10.3. The highest BCUT2D eigenvalue weighted by Crippen LogP contribution is 2.26. The molecule has 0 unspecified atom stereocenters. The minimum atomic E-state index is -3.87. The van der Waals surface area contributed by atoms with Crippen LogP contribution in [0.1, 0.15) is 13.3 Å². The zero-order chi connectivity index (χ0) is 15.3. The Bertz CT molecular complexity index is 651. The van der Waals surface area contributed by atoms with Crippen LogP contribution in [-0.4, -0.2) is 30.7 Å². The van der Waals surface area contributed by atoms with Crippen LogP contribution in [0.2, 0.25) is 0 Å². The molecule has 0 saturated carbocycles. The Balaban J connectivity index is 3.25. The number of nitrogens with zero attached hydrogens (tertiary/aromatic N) is 3. The molecule has 0 aliphatic rings. The SMILES string of the molecule is CCN(CCC#N)S(=O)(=O)c1ccc(N)c([N+](=O)[O-])c1. The van der Waals surface area contributed by atoms with Crippen molar-refractivity contribution in [1.82, 2.24) is 4.31 Å². The molecule has 0 radical (unpaired) electrons. The zero-order valence-electron chi connectivity index (χ0n) is 10.8. The van der Waals surface area contributed by atoms with Gasteiger partial charge in [-0.15, -0.1) is 0 Å². The smallest absolute Gasteiger partial charge is 0.293 e. The van der Waals surface area contributed by atoms with Crippen molar-refractivity contribution in [2.45, 2.75) is 18.2 Å². The number of benzene rings is 1. The molecule has 8 nitrogen and oxygen atoms in total. The Hall–Kier alpha value is -2.18. The summed E-state index contributed by atoms with van der Waals surface area (Å²) in [6, 6.07) is 5.19. The first kappa shape index (κ1) is 15.9. The summed E-state index contributed by atoms with van der Waals surface area (Å²) < 4.78 is 25.7. The number of rotatable bonds is 6. The van der Waals surface area contributed by atoms with E-state index >= 15 is 0 Å². The van der Waals surface area contributed by atoms with Crippen LogP contribution < -0.4 is 5.73 Å². The Morgan fingerprint density at radius 2 is 2.15 bits per heavy atom. The van der Waals surface area contributed by atoms with Crippen LogP contribution in [0.3, 0.4) is 0 Å². The number of hydrogen-bond acceptors (Lipinski definition) is 6. The molecule has 0 aromatic heterocycles. The van der Waals surface area contributed by atoms with Gasteiger partial charge in [0, 0.05) is 25.6 Å². The van der Waals surface area contributed by atoms with E-state index in [9.17, 15) is 18.5 Å². The lowest BCUT2D eigenvalue weighted by molar-refractivity contribution is -0.384. The summed E-state index contributed by atoms with van der Waals surface area (Å²) in [6.07, 6.45) is 0.0458. The van der Waals surface area contributed by atoms with E-state index in [2.05, 4.69) is 0 Å². The lowest BCUT2D eigenvalue weighted by Gasteiger charge is -2.19.